The van der Waals surface area contributed by atoms with E-state index in [1.807, 2.05) is 5.38 Å². The Kier molecular flexibility index (Phi) is 4.96. The number of amides is 1. The number of nitrogens with one attached hydrogen (secondary N) is 1. The fourth-order valence-corrected chi connectivity index (χ4v) is 5.09. The van der Waals surface area contributed by atoms with Crippen LogP contribution in [-0.2, 0) is 21.1 Å². The molecule has 1 N–H and O–H groups in total. The summed E-state index contributed by atoms with van der Waals surface area (Å²) in [6, 6.07) is 5.84. The van der Waals surface area contributed by atoms with Crippen LogP contribution in [0.5, 0.6) is 0 Å². The van der Waals surface area contributed by atoms with Crippen molar-refractivity contribution in [2.24, 2.45) is 0 Å². The number of carbonyl (C=O) groups excluding carboxylic acids is 1. The van der Waals surface area contributed by atoms with E-state index in [2.05, 4.69) is 10.3 Å². The predicted octanol–water partition coefficient (Wildman–Crippen LogP) is 2.19. The van der Waals surface area contributed by atoms with E-state index in [1.165, 1.54) is 23.5 Å². The van der Waals surface area contributed by atoms with Gasteiger partial charge in [-0.05, 0) is 30.7 Å². The normalized spacial score (nSPS) is 19.3. The van der Waals surface area contributed by atoms with E-state index in [9.17, 15) is 17.6 Å². The van der Waals surface area contributed by atoms with Crippen molar-refractivity contribution in [1.82, 2.24) is 10.3 Å². The third kappa shape index (κ3) is 4.39. The fraction of sp³-hybridized carbons (Fsp3) is 0.375. The van der Waals surface area contributed by atoms with E-state index in [0.29, 0.717) is 12.8 Å². The zero-order valence-corrected chi connectivity index (χ0v) is 14.5. The molecule has 1 aromatic carbocycles. The molecule has 128 valence electrons. The zero-order chi connectivity index (χ0) is 17.2. The molecule has 1 atom stereocenters. The minimum absolute atomic E-state index is 0.0324. The highest BCUT2D eigenvalue weighted by Gasteiger charge is 2.28. The second kappa shape index (κ2) is 6.98. The second-order valence-corrected chi connectivity index (χ2v) is 8.97. The van der Waals surface area contributed by atoms with E-state index in [4.69, 9.17) is 0 Å². The van der Waals surface area contributed by atoms with Gasteiger partial charge in [0.1, 0.15) is 5.82 Å². The maximum absolute atomic E-state index is 12.9. The third-order valence-corrected chi connectivity index (χ3v) is 6.53. The van der Waals surface area contributed by atoms with Crippen molar-refractivity contribution in [3.63, 3.8) is 0 Å². The molecule has 2 heterocycles. The first-order valence-corrected chi connectivity index (χ1v) is 10.3. The quantitative estimate of drug-likeness (QED) is 0.878. The second-order valence-electron chi connectivity index (χ2n) is 5.80. The predicted molar refractivity (Wildman–Crippen MR) is 91.0 cm³/mol. The van der Waals surface area contributed by atoms with Crippen molar-refractivity contribution in [3.05, 3.63) is 40.5 Å². The van der Waals surface area contributed by atoms with Crippen LogP contribution in [0.3, 0.4) is 0 Å². The lowest BCUT2D eigenvalue weighted by atomic mass is 10.2. The summed E-state index contributed by atoms with van der Waals surface area (Å²) < 4.78 is 35.7. The highest BCUT2D eigenvalue weighted by molar-refractivity contribution is 7.91. The molecule has 5 nitrogen and oxygen atoms in total. The molecular weight excluding hydrogens is 351 g/mol. The molecule has 1 unspecified atom stereocenters. The first-order valence-electron chi connectivity index (χ1n) is 7.61. The molecule has 2 aromatic rings. The van der Waals surface area contributed by atoms with E-state index >= 15 is 0 Å². The van der Waals surface area contributed by atoms with Crippen molar-refractivity contribution in [1.29, 1.82) is 0 Å². The fourth-order valence-electron chi connectivity index (χ4n) is 2.61. The molecular formula is C16H17FN2O3S2. The largest absolute Gasteiger partial charge is 0.352 e. The Labute approximate surface area is 143 Å². The van der Waals surface area contributed by atoms with E-state index < -0.39 is 9.84 Å². The average Bonchev–Trinajstić information content (AvgIpc) is 3.12. The first kappa shape index (κ1) is 17.0. The molecule has 1 aliphatic heterocycles. The summed E-state index contributed by atoms with van der Waals surface area (Å²) >= 11 is 1.45. The molecule has 0 aliphatic carbocycles. The minimum atomic E-state index is -2.99. The standard InChI is InChI=1S/C16H17FN2O3S2/c17-12-3-1-11(2-4-12)14-9-23-16(19-14)6-5-15(20)18-13-7-8-24(21,22)10-13/h1-4,9,13H,5-8,10H2,(H,18,20). The van der Waals surface area contributed by atoms with Gasteiger partial charge in [0.2, 0.25) is 5.91 Å². The molecule has 24 heavy (non-hydrogen) atoms. The van der Waals surface area contributed by atoms with Crippen molar-refractivity contribution in [2.75, 3.05) is 11.5 Å². The van der Waals surface area contributed by atoms with Crippen LogP contribution in [0.4, 0.5) is 4.39 Å². The lowest BCUT2D eigenvalue weighted by molar-refractivity contribution is -0.121. The maximum atomic E-state index is 12.9. The SMILES string of the molecule is O=C(CCc1nc(-c2ccc(F)cc2)cs1)NC1CCS(=O)(=O)C1. The molecule has 0 bridgehead atoms. The van der Waals surface area contributed by atoms with Gasteiger partial charge in [-0.3, -0.25) is 4.79 Å². The number of hydrogen-bond acceptors (Lipinski definition) is 5. The van der Waals surface area contributed by atoms with Gasteiger partial charge < -0.3 is 5.32 Å². The Hall–Kier alpha value is -1.80. The van der Waals surface area contributed by atoms with Crippen molar-refractivity contribution < 1.29 is 17.6 Å². The van der Waals surface area contributed by atoms with Crippen LogP contribution in [0.25, 0.3) is 11.3 Å². The topological polar surface area (TPSA) is 76.1 Å². The van der Waals surface area contributed by atoms with Gasteiger partial charge >= 0.3 is 0 Å². The summed E-state index contributed by atoms with van der Waals surface area (Å²) in [6.07, 6.45) is 1.25. The number of aromatic nitrogens is 1. The summed E-state index contributed by atoms with van der Waals surface area (Å²) in [6.45, 7) is 0. The number of rotatable bonds is 5. The summed E-state index contributed by atoms with van der Waals surface area (Å²) in [5, 5.41) is 5.47. The summed E-state index contributed by atoms with van der Waals surface area (Å²) in [5.41, 5.74) is 1.59. The van der Waals surface area contributed by atoms with Gasteiger partial charge in [-0.1, -0.05) is 0 Å². The summed E-state index contributed by atoms with van der Waals surface area (Å²) in [4.78, 5) is 16.4. The van der Waals surface area contributed by atoms with Gasteiger partial charge in [0.25, 0.3) is 0 Å². The Morgan fingerprint density at radius 3 is 2.75 bits per heavy atom. The van der Waals surface area contributed by atoms with Crippen LogP contribution >= 0.6 is 11.3 Å². The lowest BCUT2D eigenvalue weighted by Gasteiger charge is -2.09. The van der Waals surface area contributed by atoms with Crippen LogP contribution in [0.1, 0.15) is 17.8 Å². The zero-order valence-electron chi connectivity index (χ0n) is 12.9. The van der Waals surface area contributed by atoms with Gasteiger partial charge in [-0.2, -0.15) is 0 Å². The van der Waals surface area contributed by atoms with Crippen LogP contribution in [0.2, 0.25) is 0 Å². The summed E-state index contributed by atoms with van der Waals surface area (Å²) in [7, 11) is -2.99. The third-order valence-electron chi connectivity index (χ3n) is 3.86. The molecule has 3 rings (SSSR count). The van der Waals surface area contributed by atoms with Gasteiger partial charge in [0.15, 0.2) is 9.84 Å². The molecule has 0 radical (unpaired) electrons. The van der Waals surface area contributed by atoms with Crippen LogP contribution in [0.15, 0.2) is 29.6 Å². The van der Waals surface area contributed by atoms with Gasteiger partial charge in [-0.15, -0.1) is 11.3 Å². The molecule has 1 saturated heterocycles. The van der Waals surface area contributed by atoms with Crippen molar-refractivity contribution in [3.8, 4) is 11.3 Å². The number of halogens is 1. The molecule has 0 spiro atoms. The molecule has 1 aliphatic rings. The molecule has 1 aromatic heterocycles. The Morgan fingerprint density at radius 1 is 1.33 bits per heavy atom. The molecule has 0 saturated carbocycles. The number of hydrogen-bond donors (Lipinski definition) is 1. The van der Waals surface area contributed by atoms with E-state index in [1.54, 1.807) is 12.1 Å². The number of benzene rings is 1. The highest BCUT2D eigenvalue weighted by atomic mass is 32.2. The monoisotopic (exact) mass is 368 g/mol. The molecule has 1 amide bonds. The number of thiazole rings is 1. The number of nitrogens with zero attached hydrogens (tertiary/aromatic N) is 1. The molecule has 1 fully saturated rings. The number of sulfone groups is 1. The van der Waals surface area contributed by atoms with Gasteiger partial charge in [0, 0.05) is 29.8 Å². The highest BCUT2D eigenvalue weighted by Crippen LogP contribution is 2.23. The minimum Gasteiger partial charge on any atom is -0.352 e. The van der Waals surface area contributed by atoms with Crippen LogP contribution in [-0.4, -0.2) is 36.9 Å². The molecule has 8 heteroatoms. The summed E-state index contributed by atoms with van der Waals surface area (Å²) in [5.74, 6) is -0.272. The number of carbonyl (C=O) groups is 1. The van der Waals surface area contributed by atoms with Crippen molar-refractivity contribution >= 4 is 27.1 Å². The van der Waals surface area contributed by atoms with E-state index in [0.717, 1.165) is 16.3 Å². The number of aryl methyl sites for hydroxylation is 1. The smallest absolute Gasteiger partial charge is 0.220 e. The Balaban J connectivity index is 1.52. The van der Waals surface area contributed by atoms with Crippen LogP contribution < -0.4 is 5.32 Å². The average molecular weight is 368 g/mol. The van der Waals surface area contributed by atoms with Crippen molar-refractivity contribution in [2.45, 2.75) is 25.3 Å². The van der Waals surface area contributed by atoms with Crippen LogP contribution in [0, 0.1) is 5.82 Å². The van der Waals surface area contributed by atoms with Gasteiger partial charge in [0.05, 0.1) is 22.2 Å². The van der Waals surface area contributed by atoms with E-state index in [-0.39, 0.29) is 35.7 Å². The Morgan fingerprint density at radius 2 is 2.08 bits per heavy atom. The van der Waals surface area contributed by atoms with Gasteiger partial charge in [-0.25, -0.2) is 17.8 Å². The Bertz CT molecular complexity index is 831. The maximum Gasteiger partial charge on any atom is 0.220 e. The lowest BCUT2D eigenvalue weighted by Crippen LogP contribution is -2.35. The first-order chi connectivity index (χ1) is 11.4.